The first-order valence-electron chi connectivity index (χ1n) is 9.74. The molecule has 31 heavy (non-hydrogen) atoms. The zero-order chi connectivity index (χ0) is 21.8. The van der Waals surface area contributed by atoms with Gasteiger partial charge in [0.1, 0.15) is 35.5 Å². The summed E-state index contributed by atoms with van der Waals surface area (Å²) < 4.78 is 21.7. The molecule has 0 aliphatic carbocycles. The Bertz CT molecular complexity index is 1070. The van der Waals surface area contributed by atoms with Crippen LogP contribution in [0, 0.1) is 0 Å². The van der Waals surface area contributed by atoms with Crippen molar-refractivity contribution in [3.8, 4) is 23.0 Å². The van der Waals surface area contributed by atoms with Crippen molar-refractivity contribution in [1.29, 1.82) is 0 Å². The molecule has 8 heteroatoms. The minimum atomic E-state index is 0.488. The molecule has 4 rings (SSSR count). The highest BCUT2D eigenvalue weighted by Gasteiger charge is 2.24. The van der Waals surface area contributed by atoms with Crippen LogP contribution in [0.2, 0.25) is 0 Å². The summed E-state index contributed by atoms with van der Waals surface area (Å²) in [5.74, 6) is 3.89. The fourth-order valence-electron chi connectivity index (χ4n) is 3.46. The average Bonchev–Trinajstić information content (AvgIpc) is 3.32. The third kappa shape index (κ3) is 4.25. The Kier molecular flexibility index (Phi) is 6.18. The number of thiophene rings is 1. The van der Waals surface area contributed by atoms with Gasteiger partial charge in [0.15, 0.2) is 0 Å². The molecule has 2 heterocycles. The van der Waals surface area contributed by atoms with Gasteiger partial charge in [-0.25, -0.2) is 4.99 Å². The minimum Gasteiger partial charge on any atom is -0.497 e. The van der Waals surface area contributed by atoms with E-state index in [4.69, 9.17) is 23.9 Å². The Morgan fingerprint density at radius 2 is 1.65 bits per heavy atom. The zero-order valence-corrected chi connectivity index (χ0v) is 18.8. The Morgan fingerprint density at radius 1 is 0.903 bits per heavy atom. The smallest absolute Gasteiger partial charge is 0.142 e. The third-order valence-corrected chi connectivity index (χ3v) is 6.02. The van der Waals surface area contributed by atoms with E-state index in [2.05, 4.69) is 21.7 Å². The van der Waals surface area contributed by atoms with Gasteiger partial charge >= 0.3 is 0 Å². The van der Waals surface area contributed by atoms with Crippen LogP contribution in [-0.2, 0) is 6.54 Å². The number of ether oxygens (including phenoxy) is 4. The predicted octanol–water partition coefficient (Wildman–Crippen LogP) is 4.43. The van der Waals surface area contributed by atoms with E-state index in [0.717, 1.165) is 50.6 Å². The lowest BCUT2D eigenvalue weighted by Crippen LogP contribution is -2.32. The van der Waals surface area contributed by atoms with Crippen LogP contribution >= 0.6 is 11.3 Å². The van der Waals surface area contributed by atoms with E-state index < -0.39 is 0 Å². The molecule has 0 saturated heterocycles. The predicted molar refractivity (Wildman–Crippen MR) is 124 cm³/mol. The van der Waals surface area contributed by atoms with Crippen LogP contribution in [0.4, 0.5) is 11.4 Å². The number of methoxy groups -OCH3 is 4. The highest BCUT2D eigenvalue weighted by atomic mass is 32.1. The summed E-state index contributed by atoms with van der Waals surface area (Å²) >= 11 is 1.65. The van der Waals surface area contributed by atoms with Gasteiger partial charge in [0.2, 0.25) is 0 Å². The Labute approximate surface area is 185 Å². The van der Waals surface area contributed by atoms with Crippen LogP contribution in [0.15, 0.2) is 52.8 Å². The lowest BCUT2D eigenvalue weighted by molar-refractivity contribution is 0.390. The summed E-state index contributed by atoms with van der Waals surface area (Å²) in [6.07, 6.45) is 0. The van der Waals surface area contributed by atoms with Crippen LogP contribution in [0.1, 0.15) is 10.4 Å². The number of fused-ring (bicyclic) bond motifs is 1. The van der Waals surface area contributed by atoms with Crippen molar-refractivity contribution in [3.63, 3.8) is 0 Å². The Hall–Kier alpha value is -3.39. The van der Waals surface area contributed by atoms with Crippen molar-refractivity contribution in [1.82, 2.24) is 5.32 Å². The summed E-state index contributed by atoms with van der Waals surface area (Å²) in [4.78, 5) is 8.04. The standard InChI is InChI=1S/C23H25N3O4S/c1-27-17-6-5-15(21(12-17)30-4)13-24-23-22-20(7-8-31-22)26(14-25-23)16-9-18(28-2)11-19(10-16)29-3/h5-12H,13-14H2,1-4H3,(H,24,25). The Morgan fingerprint density at radius 3 is 2.32 bits per heavy atom. The summed E-state index contributed by atoms with van der Waals surface area (Å²) in [6.45, 7) is 1.08. The number of amidine groups is 1. The molecular formula is C23H25N3O4S. The van der Waals surface area contributed by atoms with Gasteiger partial charge in [-0.1, -0.05) is 0 Å². The van der Waals surface area contributed by atoms with Crippen molar-refractivity contribution in [2.75, 3.05) is 40.0 Å². The molecule has 0 unspecified atom stereocenters. The number of nitrogens with zero attached hydrogens (tertiary/aromatic N) is 2. The molecule has 0 radical (unpaired) electrons. The first kappa shape index (κ1) is 20.9. The van der Waals surface area contributed by atoms with Gasteiger partial charge in [-0.3, -0.25) is 0 Å². The van der Waals surface area contributed by atoms with Crippen molar-refractivity contribution in [2.45, 2.75) is 6.54 Å². The van der Waals surface area contributed by atoms with Gasteiger partial charge in [-0.2, -0.15) is 0 Å². The van der Waals surface area contributed by atoms with E-state index in [1.54, 1.807) is 39.8 Å². The summed E-state index contributed by atoms with van der Waals surface area (Å²) in [7, 11) is 6.61. The van der Waals surface area contributed by atoms with Crippen LogP contribution in [0.25, 0.3) is 0 Å². The SMILES string of the molecule is COc1cc(OC)cc(N2CN=C(NCc3ccc(OC)cc3OC)c3sccc32)c1. The molecule has 2 aromatic carbocycles. The Balaban J connectivity index is 1.57. The second-order valence-electron chi connectivity index (χ2n) is 6.81. The van der Waals surface area contributed by atoms with Crippen LogP contribution in [0.3, 0.4) is 0 Å². The van der Waals surface area contributed by atoms with Crippen LogP contribution in [0.5, 0.6) is 23.0 Å². The normalized spacial score (nSPS) is 12.6. The molecule has 0 saturated carbocycles. The molecule has 1 N–H and O–H groups in total. The van der Waals surface area contributed by atoms with Gasteiger partial charge < -0.3 is 29.2 Å². The zero-order valence-electron chi connectivity index (χ0n) is 18.0. The van der Waals surface area contributed by atoms with Crippen molar-refractivity contribution < 1.29 is 18.9 Å². The highest BCUT2D eigenvalue weighted by Crippen LogP contribution is 2.38. The molecule has 0 fully saturated rings. The van der Waals surface area contributed by atoms with E-state index in [-0.39, 0.29) is 0 Å². The molecule has 3 aromatic rings. The monoisotopic (exact) mass is 439 g/mol. The van der Waals surface area contributed by atoms with E-state index in [0.29, 0.717) is 13.2 Å². The van der Waals surface area contributed by atoms with Gasteiger partial charge in [0.05, 0.1) is 44.7 Å². The lowest BCUT2D eigenvalue weighted by atomic mass is 10.1. The maximum Gasteiger partial charge on any atom is 0.142 e. The van der Waals surface area contributed by atoms with Crippen LogP contribution < -0.4 is 29.2 Å². The molecule has 162 valence electrons. The first-order chi connectivity index (χ1) is 15.2. The second kappa shape index (κ2) is 9.18. The fourth-order valence-corrected chi connectivity index (χ4v) is 4.34. The van der Waals surface area contributed by atoms with Crippen LogP contribution in [-0.4, -0.2) is 40.9 Å². The number of hydrogen-bond donors (Lipinski definition) is 1. The number of anilines is 2. The molecular weight excluding hydrogens is 414 g/mol. The van der Waals surface area contributed by atoms with E-state index in [1.807, 2.05) is 36.4 Å². The molecule has 1 aliphatic heterocycles. The largest absolute Gasteiger partial charge is 0.497 e. The maximum atomic E-state index is 5.51. The molecule has 0 spiro atoms. The summed E-state index contributed by atoms with van der Waals surface area (Å²) in [6, 6.07) is 13.8. The summed E-state index contributed by atoms with van der Waals surface area (Å²) in [5, 5.41) is 5.55. The topological polar surface area (TPSA) is 64.6 Å². The van der Waals surface area contributed by atoms with E-state index >= 15 is 0 Å². The van der Waals surface area contributed by atoms with Gasteiger partial charge in [-0.05, 0) is 23.6 Å². The van der Waals surface area contributed by atoms with Gasteiger partial charge in [0, 0.05) is 36.4 Å². The number of nitrogens with one attached hydrogen (secondary N) is 1. The fraction of sp³-hybridized carbons (Fsp3) is 0.261. The molecule has 0 atom stereocenters. The maximum absolute atomic E-state index is 5.51. The first-order valence-corrected chi connectivity index (χ1v) is 10.6. The average molecular weight is 440 g/mol. The molecule has 0 bridgehead atoms. The van der Waals surface area contributed by atoms with E-state index in [1.165, 1.54) is 0 Å². The quantitative estimate of drug-likeness (QED) is 0.588. The number of benzene rings is 2. The minimum absolute atomic E-state index is 0.488. The molecule has 7 nitrogen and oxygen atoms in total. The highest BCUT2D eigenvalue weighted by molar-refractivity contribution is 7.12. The van der Waals surface area contributed by atoms with E-state index in [9.17, 15) is 0 Å². The molecule has 1 aromatic heterocycles. The molecule has 1 aliphatic rings. The second-order valence-corrected chi connectivity index (χ2v) is 7.73. The van der Waals surface area contributed by atoms with Crippen molar-refractivity contribution >= 4 is 28.5 Å². The van der Waals surface area contributed by atoms with Crippen molar-refractivity contribution in [2.24, 2.45) is 4.99 Å². The van der Waals surface area contributed by atoms with Gasteiger partial charge in [-0.15, -0.1) is 11.3 Å². The number of rotatable bonds is 7. The molecule has 0 amide bonds. The number of aliphatic imine (C=N–C) groups is 1. The number of hydrogen-bond acceptors (Lipinski definition) is 8. The third-order valence-electron chi connectivity index (χ3n) is 5.11. The van der Waals surface area contributed by atoms with Crippen molar-refractivity contribution in [3.05, 3.63) is 58.3 Å². The van der Waals surface area contributed by atoms with Gasteiger partial charge in [0.25, 0.3) is 0 Å². The lowest BCUT2D eigenvalue weighted by Gasteiger charge is -2.28. The summed E-state index contributed by atoms with van der Waals surface area (Å²) in [5.41, 5.74) is 3.10.